The molecule has 2 atom stereocenters. The fourth-order valence-corrected chi connectivity index (χ4v) is 3.91. The third-order valence-electron chi connectivity index (χ3n) is 4.86. The maximum absolute atomic E-state index is 12.9. The highest BCUT2D eigenvalue weighted by molar-refractivity contribution is 6.42. The fourth-order valence-electron chi connectivity index (χ4n) is 3.59. The van der Waals surface area contributed by atoms with Crippen LogP contribution in [0.25, 0.3) is 0 Å². The minimum Gasteiger partial charge on any atom is -0.396 e. The van der Waals surface area contributed by atoms with Crippen LogP contribution < -0.4 is 0 Å². The van der Waals surface area contributed by atoms with E-state index in [2.05, 4.69) is 18.7 Å². The van der Waals surface area contributed by atoms with Crippen molar-refractivity contribution in [3.8, 4) is 0 Å². The number of hydrogen-bond donors (Lipinski definition) is 1. The summed E-state index contributed by atoms with van der Waals surface area (Å²) in [7, 11) is 0. The smallest absolute Gasteiger partial charge is 0.237 e. The number of carbonyl (C=O) groups excluding carboxylic acids is 1. The van der Waals surface area contributed by atoms with E-state index in [9.17, 15) is 4.79 Å². The molecule has 0 aliphatic carbocycles. The van der Waals surface area contributed by atoms with Crippen LogP contribution in [0.1, 0.15) is 45.1 Å². The zero-order valence-corrected chi connectivity index (χ0v) is 16.6. The molecule has 1 aromatic rings. The van der Waals surface area contributed by atoms with Crippen molar-refractivity contribution in [2.45, 2.75) is 58.2 Å². The molecular formula is C19H28Cl2N2O2. The SMILES string of the molecule is CC1CCCC(C)N1C(=O)CN(CCCO)Cc1ccc(Cl)c(Cl)c1. The molecule has 0 saturated carbocycles. The summed E-state index contributed by atoms with van der Waals surface area (Å²) < 4.78 is 0. The molecule has 1 N–H and O–H groups in total. The first-order valence-corrected chi connectivity index (χ1v) is 9.76. The summed E-state index contributed by atoms with van der Waals surface area (Å²) in [6, 6.07) is 6.13. The predicted octanol–water partition coefficient (Wildman–Crippen LogP) is 3.97. The van der Waals surface area contributed by atoms with Crippen molar-refractivity contribution in [3.05, 3.63) is 33.8 Å². The normalized spacial score (nSPS) is 21.0. The molecule has 2 unspecified atom stereocenters. The summed E-state index contributed by atoms with van der Waals surface area (Å²) in [4.78, 5) is 17.0. The van der Waals surface area contributed by atoms with Gasteiger partial charge in [-0.2, -0.15) is 0 Å². The van der Waals surface area contributed by atoms with Crippen LogP contribution >= 0.6 is 23.2 Å². The molecule has 1 heterocycles. The molecule has 25 heavy (non-hydrogen) atoms. The first-order chi connectivity index (χ1) is 11.9. The molecule has 1 fully saturated rings. The van der Waals surface area contributed by atoms with Crippen molar-refractivity contribution in [2.75, 3.05) is 19.7 Å². The molecular weight excluding hydrogens is 359 g/mol. The van der Waals surface area contributed by atoms with E-state index in [0.717, 1.165) is 18.4 Å². The van der Waals surface area contributed by atoms with Gasteiger partial charge in [0.1, 0.15) is 0 Å². The Balaban J connectivity index is 2.05. The van der Waals surface area contributed by atoms with Crippen LogP contribution in [0.15, 0.2) is 18.2 Å². The standard InChI is InChI=1S/C19H28Cl2N2O2/c1-14-5-3-6-15(2)23(14)19(25)13-22(9-4-10-24)12-16-7-8-17(20)18(21)11-16/h7-8,11,14-15,24H,3-6,9-10,12-13H2,1-2H3. The molecule has 0 aromatic heterocycles. The zero-order chi connectivity index (χ0) is 18.4. The number of likely N-dealkylation sites (tertiary alicyclic amines) is 1. The molecule has 1 aliphatic heterocycles. The van der Waals surface area contributed by atoms with Crippen LogP contribution in [0, 0.1) is 0 Å². The van der Waals surface area contributed by atoms with Gasteiger partial charge in [0, 0.05) is 31.8 Å². The van der Waals surface area contributed by atoms with Crippen LogP contribution in [-0.2, 0) is 11.3 Å². The second kappa shape index (κ2) is 9.77. The lowest BCUT2D eigenvalue weighted by atomic mass is 9.97. The number of benzene rings is 1. The Morgan fingerprint density at radius 3 is 2.52 bits per heavy atom. The number of aliphatic hydroxyl groups excluding tert-OH is 1. The molecule has 140 valence electrons. The molecule has 0 bridgehead atoms. The Bertz CT molecular complexity index is 573. The van der Waals surface area contributed by atoms with Gasteiger partial charge < -0.3 is 10.0 Å². The van der Waals surface area contributed by atoms with Crippen molar-refractivity contribution in [3.63, 3.8) is 0 Å². The van der Waals surface area contributed by atoms with Crippen molar-refractivity contribution in [1.82, 2.24) is 9.80 Å². The van der Waals surface area contributed by atoms with Gasteiger partial charge in [-0.25, -0.2) is 0 Å². The van der Waals surface area contributed by atoms with Crippen LogP contribution in [0.3, 0.4) is 0 Å². The molecule has 2 rings (SSSR count). The van der Waals surface area contributed by atoms with E-state index in [1.165, 1.54) is 6.42 Å². The highest BCUT2D eigenvalue weighted by atomic mass is 35.5. The molecule has 6 heteroatoms. The highest BCUT2D eigenvalue weighted by Crippen LogP contribution is 2.25. The lowest BCUT2D eigenvalue weighted by Crippen LogP contribution is -2.51. The summed E-state index contributed by atoms with van der Waals surface area (Å²) in [5.74, 6) is 0.165. The average Bonchev–Trinajstić information content (AvgIpc) is 2.56. The van der Waals surface area contributed by atoms with Gasteiger partial charge >= 0.3 is 0 Å². The van der Waals surface area contributed by atoms with Crippen LogP contribution in [0.2, 0.25) is 10.0 Å². The van der Waals surface area contributed by atoms with E-state index in [4.69, 9.17) is 28.3 Å². The number of hydrogen-bond acceptors (Lipinski definition) is 3. The van der Waals surface area contributed by atoms with Gasteiger partial charge in [0.15, 0.2) is 0 Å². The molecule has 1 aromatic carbocycles. The van der Waals surface area contributed by atoms with Gasteiger partial charge in [0.05, 0.1) is 16.6 Å². The van der Waals surface area contributed by atoms with Crippen molar-refractivity contribution < 1.29 is 9.90 Å². The van der Waals surface area contributed by atoms with Crippen LogP contribution in [0.5, 0.6) is 0 Å². The van der Waals surface area contributed by atoms with Gasteiger partial charge in [0.25, 0.3) is 0 Å². The number of nitrogens with zero attached hydrogens (tertiary/aromatic N) is 2. The van der Waals surface area contributed by atoms with Crippen molar-refractivity contribution in [2.24, 2.45) is 0 Å². The predicted molar refractivity (Wildman–Crippen MR) is 103 cm³/mol. The summed E-state index contributed by atoms with van der Waals surface area (Å²) in [6.45, 7) is 6.00. The minimum absolute atomic E-state index is 0.114. The molecule has 0 radical (unpaired) electrons. The Morgan fingerprint density at radius 2 is 1.92 bits per heavy atom. The Hall–Kier alpha value is -0.810. The highest BCUT2D eigenvalue weighted by Gasteiger charge is 2.29. The van der Waals surface area contributed by atoms with E-state index < -0.39 is 0 Å². The number of halogens is 2. The van der Waals surface area contributed by atoms with Gasteiger partial charge in [-0.05, 0) is 57.2 Å². The van der Waals surface area contributed by atoms with Crippen molar-refractivity contribution >= 4 is 29.1 Å². The Morgan fingerprint density at radius 1 is 1.24 bits per heavy atom. The van der Waals surface area contributed by atoms with Gasteiger partial charge in [-0.1, -0.05) is 29.3 Å². The molecule has 1 saturated heterocycles. The maximum Gasteiger partial charge on any atom is 0.237 e. The number of aliphatic hydroxyl groups is 1. The molecule has 1 aliphatic rings. The second-order valence-corrected chi connectivity index (χ2v) is 7.78. The summed E-state index contributed by atoms with van der Waals surface area (Å²) >= 11 is 12.1. The van der Waals surface area contributed by atoms with Crippen LogP contribution in [-0.4, -0.2) is 52.6 Å². The maximum atomic E-state index is 12.9. The zero-order valence-electron chi connectivity index (χ0n) is 15.0. The van der Waals surface area contributed by atoms with E-state index in [1.807, 2.05) is 17.0 Å². The first-order valence-electron chi connectivity index (χ1n) is 9.00. The molecule has 0 spiro atoms. The van der Waals surface area contributed by atoms with Gasteiger partial charge in [0.2, 0.25) is 5.91 Å². The number of piperidine rings is 1. The van der Waals surface area contributed by atoms with Gasteiger partial charge in [-0.15, -0.1) is 0 Å². The summed E-state index contributed by atoms with van der Waals surface area (Å²) in [5, 5.41) is 10.2. The van der Waals surface area contributed by atoms with Crippen molar-refractivity contribution in [1.29, 1.82) is 0 Å². The third kappa shape index (κ3) is 5.85. The van der Waals surface area contributed by atoms with Crippen LogP contribution in [0.4, 0.5) is 0 Å². The summed E-state index contributed by atoms with van der Waals surface area (Å²) in [5.41, 5.74) is 1.01. The summed E-state index contributed by atoms with van der Waals surface area (Å²) in [6.07, 6.45) is 3.96. The first kappa shape index (κ1) is 20.5. The van der Waals surface area contributed by atoms with E-state index >= 15 is 0 Å². The average molecular weight is 387 g/mol. The Kier molecular flexibility index (Phi) is 8.01. The number of amides is 1. The number of rotatable bonds is 7. The third-order valence-corrected chi connectivity index (χ3v) is 5.60. The largest absolute Gasteiger partial charge is 0.396 e. The quantitative estimate of drug-likeness (QED) is 0.770. The topological polar surface area (TPSA) is 43.8 Å². The Labute approximate surface area is 160 Å². The number of carbonyl (C=O) groups is 1. The second-order valence-electron chi connectivity index (χ2n) is 6.97. The fraction of sp³-hybridized carbons (Fsp3) is 0.632. The van der Waals surface area contributed by atoms with Gasteiger partial charge in [-0.3, -0.25) is 9.69 Å². The monoisotopic (exact) mass is 386 g/mol. The lowest BCUT2D eigenvalue weighted by molar-refractivity contribution is -0.138. The minimum atomic E-state index is 0.114. The molecule has 4 nitrogen and oxygen atoms in total. The van der Waals surface area contributed by atoms with E-state index in [0.29, 0.717) is 48.2 Å². The molecule has 1 amide bonds. The van der Waals surface area contributed by atoms with E-state index in [1.54, 1.807) is 6.07 Å². The van der Waals surface area contributed by atoms with E-state index in [-0.39, 0.29) is 12.5 Å². The lowest BCUT2D eigenvalue weighted by Gasteiger charge is -2.40.